The van der Waals surface area contributed by atoms with Crippen molar-refractivity contribution in [1.82, 2.24) is 5.32 Å². The maximum atomic E-state index is 13.2. The van der Waals surface area contributed by atoms with Gasteiger partial charge in [-0.3, -0.25) is 14.9 Å². The van der Waals surface area contributed by atoms with Crippen LogP contribution in [-0.2, 0) is 0 Å². The highest BCUT2D eigenvalue weighted by Gasteiger charge is 2.40. The molecule has 2 bridgehead atoms. The Morgan fingerprint density at radius 3 is 2.75 bits per heavy atom. The van der Waals surface area contributed by atoms with Gasteiger partial charge in [-0.1, -0.05) is 6.42 Å². The highest BCUT2D eigenvalue weighted by atomic mass is 19.1. The van der Waals surface area contributed by atoms with E-state index in [2.05, 4.69) is 5.32 Å². The number of nitro benzene ring substituents is 1. The minimum absolute atomic E-state index is 0.0733. The van der Waals surface area contributed by atoms with Crippen LogP contribution < -0.4 is 5.32 Å². The van der Waals surface area contributed by atoms with Crippen LogP contribution in [0.15, 0.2) is 18.2 Å². The molecule has 1 amide bonds. The molecule has 0 spiro atoms. The summed E-state index contributed by atoms with van der Waals surface area (Å²) in [6, 6.07) is 3.03. The van der Waals surface area contributed by atoms with Crippen molar-refractivity contribution in [3.63, 3.8) is 0 Å². The van der Waals surface area contributed by atoms with E-state index in [0.717, 1.165) is 37.5 Å². The van der Waals surface area contributed by atoms with Crippen LogP contribution in [0.2, 0.25) is 0 Å². The molecule has 2 saturated carbocycles. The zero-order valence-corrected chi connectivity index (χ0v) is 10.8. The lowest BCUT2D eigenvalue weighted by molar-refractivity contribution is -0.385. The number of benzene rings is 1. The minimum atomic E-state index is -0.658. The van der Waals surface area contributed by atoms with Crippen LogP contribution in [0, 0.1) is 27.8 Å². The summed E-state index contributed by atoms with van der Waals surface area (Å²) < 4.78 is 13.2. The summed E-state index contributed by atoms with van der Waals surface area (Å²) in [7, 11) is 0. The number of nitrogens with one attached hydrogen (secondary N) is 1. The van der Waals surface area contributed by atoms with E-state index in [1.807, 2.05) is 0 Å². The molecule has 3 unspecified atom stereocenters. The molecule has 3 rings (SSSR count). The second kappa shape index (κ2) is 4.85. The van der Waals surface area contributed by atoms with Crippen molar-refractivity contribution in [1.29, 1.82) is 0 Å². The summed E-state index contributed by atoms with van der Waals surface area (Å²) in [5.74, 6) is -0.0631. The van der Waals surface area contributed by atoms with Crippen molar-refractivity contribution in [2.45, 2.75) is 31.7 Å². The first kappa shape index (κ1) is 13.0. The van der Waals surface area contributed by atoms with Crippen LogP contribution in [0.4, 0.5) is 10.1 Å². The Morgan fingerprint density at radius 2 is 2.15 bits per heavy atom. The molecule has 2 aliphatic carbocycles. The van der Waals surface area contributed by atoms with Crippen molar-refractivity contribution in [3.8, 4) is 0 Å². The Bertz CT molecular complexity index is 576. The van der Waals surface area contributed by atoms with Crippen molar-refractivity contribution in [2.75, 3.05) is 0 Å². The van der Waals surface area contributed by atoms with Crippen molar-refractivity contribution >= 4 is 11.6 Å². The number of nitro groups is 1. The second-order valence-corrected chi connectivity index (χ2v) is 5.67. The third kappa shape index (κ3) is 2.26. The van der Waals surface area contributed by atoms with Gasteiger partial charge in [-0.25, -0.2) is 4.39 Å². The van der Waals surface area contributed by atoms with E-state index in [1.165, 1.54) is 6.42 Å². The molecule has 0 radical (unpaired) electrons. The first-order chi connectivity index (χ1) is 9.54. The maximum Gasteiger partial charge on any atom is 0.282 e. The fraction of sp³-hybridized carbons (Fsp3) is 0.500. The molecule has 2 fully saturated rings. The van der Waals surface area contributed by atoms with Crippen LogP contribution in [0.5, 0.6) is 0 Å². The number of rotatable bonds is 3. The molecule has 0 aliphatic heterocycles. The molecule has 6 heteroatoms. The highest BCUT2D eigenvalue weighted by Crippen LogP contribution is 2.44. The second-order valence-electron chi connectivity index (χ2n) is 5.67. The topological polar surface area (TPSA) is 72.2 Å². The zero-order chi connectivity index (χ0) is 14.3. The summed E-state index contributed by atoms with van der Waals surface area (Å²) in [5, 5.41) is 13.7. The van der Waals surface area contributed by atoms with Crippen LogP contribution in [0.3, 0.4) is 0 Å². The van der Waals surface area contributed by atoms with Gasteiger partial charge in [0.15, 0.2) is 0 Å². The number of amides is 1. The number of carbonyl (C=O) groups is 1. The van der Waals surface area contributed by atoms with Gasteiger partial charge in [0.05, 0.1) is 4.92 Å². The molecule has 20 heavy (non-hydrogen) atoms. The molecular weight excluding hydrogens is 263 g/mol. The Balaban J connectivity index is 1.80. The average molecular weight is 278 g/mol. The Kier molecular flexibility index (Phi) is 3.16. The normalized spacial score (nSPS) is 27.6. The van der Waals surface area contributed by atoms with Crippen molar-refractivity contribution in [2.24, 2.45) is 11.8 Å². The molecule has 5 nitrogen and oxygen atoms in total. The molecule has 0 saturated heterocycles. The summed E-state index contributed by atoms with van der Waals surface area (Å²) >= 11 is 0. The van der Waals surface area contributed by atoms with E-state index in [-0.39, 0.29) is 17.3 Å². The molecule has 0 aromatic heterocycles. The Morgan fingerprint density at radius 1 is 1.35 bits per heavy atom. The van der Waals surface area contributed by atoms with Gasteiger partial charge in [0, 0.05) is 12.1 Å². The lowest BCUT2D eigenvalue weighted by Gasteiger charge is -2.22. The molecule has 1 aromatic rings. The van der Waals surface area contributed by atoms with Gasteiger partial charge in [-0.2, -0.15) is 0 Å². The van der Waals surface area contributed by atoms with Gasteiger partial charge in [-0.05, 0) is 43.2 Å². The summed E-state index contributed by atoms with van der Waals surface area (Å²) in [6.45, 7) is 0. The predicted octanol–water partition coefficient (Wildman–Crippen LogP) is 2.65. The molecular formula is C14H15FN2O3. The largest absolute Gasteiger partial charge is 0.349 e. The standard InChI is InChI=1S/C14H15FN2O3/c15-10-3-4-13(17(19)20)11(7-10)14(18)16-12-6-8-1-2-9(12)5-8/h3-4,7-9,12H,1-2,5-6H2,(H,16,18). The summed E-state index contributed by atoms with van der Waals surface area (Å²) in [6.07, 6.45) is 4.35. The minimum Gasteiger partial charge on any atom is -0.349 e. The van der Waals surface area contributed by atoms with Crippen LogP contribution >= 0.6 is 0 Å². The molecule has 1 aromatic carbocycles. The quantitative estimate of drug-likeness (QED) is 0.682. The van der Waals surface area contributed by atoms with Crippen molar-refractivity contribution in [3.05, 3.63) is 39.7 Å². The van der Waals surface area contributed by atoms with Crippen LogP contribution in [0.25, 0.3) is 0 Å². The molecule has 1 N–H and O–H groups in total. The number of halogens is 1. The first-order valence-electron chi connectivity index (χ1n) is 6.79. The van der Waals surface area contributed by atoms with Crippen molar-refractivity contribution < 1.29 is 14.1 Å². The van der Waals surface area contributed by atoms with E-state index in [9.17, 15) is 19.3 Å². The number of hydrogen-bond acceptors (Lipinski definition) is 3. The summed E-state index contributed by atoms with van der Waals surface area (Å²) in [5.41, 5.74) is -0.551. The lowest BCUT2D eigenvalue weighted by Crippen LogP contribution is -2.38. The van der Waals surface area contributed by atoms with Gasteiger partial charge in [0.1, 0.15) is 11.4 Å². The fourth-order valence-electron chi connectivity index (χ4n) is 3.52. The number of nitrogens with zero attached hydrogens (tertiary/aromatic N) is 1. The summed E-state index contributed by atoms with van der Waals surface area (Å²) in [4.78, 5) is 22.4. The van der Waals surface area contributed by atoms with Gasteiger partial charge < -0.3 is 5.32 Å². The van der Waals surface area contributed by atoms with E-state index in [0.29, 0.717) is 11.8 Å². The molecule has 0 heterocycles. The smallest absolute Gasteiger partial charge is 0.282 e. The number of hydrogen-bond donors (Lipinski definition) is 1. The predicted molar refractivity (Wildman–Crippen MR) is 69.8 cm³/mol. The Hall–Kier alpha value is -1.98. The monoisotopic (exact) mass is 278 g/mol. The third-order valence-corrected chi connectivity index (χ3v) is 4.45. The van der Waals surface area contributed by atoms with Gasteiger partial charge in [0.2, 0.25) is 0 Å². The van der Waals surface area contributed by atoms with E-state index < -0.39 is 16.6 Å². The van der Waals surface area contributed by atoms with Gasteiger partial charge in [0.25, 0.3) is 11.6 Å². The SMILES string of the molecule is O=C(NC1CC2CCC1C2)c1cc(F)ccc1[N+](=O)[O-]. The van der Waals surface area contributed by atoms with E-state index in [4.69, 9.17) is 0 Å². The zero-order valence-electron chi connectivity index (χ0n) is 10.8. The maximum absolute atomic E-state index is 13.2. The third-order valence-electron chi connectivity index (χ3n) is 4.45. The number of fused-ring (bicyclic) bond motifs is 2. The molecule has 106 valence electrons. The average Bonchev–Trinajstić information content (AvgIpc) is 3.00. The highest BCUT2D eigenvalue weighted by molar-refractivity contribution is 5.98. The molecule has 3 atom stereocenters. The first-order valence-corrected chi connectivity index (χ1v) is 6.79. The Labute approximate surface area is 115 Å². The molecule has 2 aliphatic rings. The van der Waals surface area contributed by atoms with Gasteiger partial charge in [-0.15, -0.1) is 0 Å². The van der Waals surface area contributed by atoms with Gasteiger partial charge >= 0.3 is 0 Å². The van der Waals surface area contributed by atoms with Crippen LogP contribution in [0.1, 0.15) is 36.0 Å². The number of carbonyl (C=O) groups excluding carboxylic acids is 1. The van der Waals surface area contributed by atoms with E-state index in [1.54, 1.807) is 0 Å². The van der Waals surface area contributed by atoms with E-state index >= 15 is 0 Å². The van der Waals surface area contributed by atoms with Crippen LogP contribution in [-0.4, -0.2) is 16.9 Å². The lowest BCUT2D eigenvalue weighted by atomic mass is 9.95. The fourth-order valence-corrected chi connectivity index (χ4v) is 3.52.